The molecule has 1 aromatic carbocycles. The third-order valence-corrected chi connectivity index (χ3v) is 5.99. The molecular formula is C18H29NOS. The van der Waals surface area contributed by atoms with Gasteiger partial charge in [-0.15, -0.1) is 0 Å². The molecular weight excluding hydrogens is 278 g/mol. The standard InChI is InChI=1S/C18H29NOS/c1-3-19-18(16-10-5-4-6-11-16)14-21(20)13-17-12-8-7-9-15(17)2/h7-9,12,16,18-19H,3-6,10-11,13-14H2,1-2H3. The van der Waals surface area contributed by atoms with Crippen molar-refractivity contribution in [3.8, 4) is 0 Å². The summed E-state index contributed by atoms with van der Waals surface area (Å²) < 4.78 is 12.6. The first-order valence-electron chi connectivity index (χ1n) is 8.33. The SMILES string of the molecule is CCNC(CS(=O)Cc1ccccc1C)C1CCCCC1. The van der Waals surface area contributed by atoms with E-state index in [4.69, 9.17) is 0 Å². The van der Waals surface area contributed by atoms with Crippen molar-refractivity contribution >= 4 is 10.8 Å². The molecule has 2 unspecified atom stereocenters. The molecule has 2 nitrogen and oxygen atoms in total. The van der Waals surface area contributed by atoms with Crippen LogP contribution in [0.5, 0.6) is 0 Å². The summed E-state index contributed by atoms with van der Waals surface area (Å²) in [5, 5.41) is 3.59. The third-order valence-electron chi connectivity index (χ3n) is 4.63. The lowest BCUT2D eigenvalue weighted by molar-refractivity contribution is 0.287. The Morgan fingerprint density at radius 2 is 1.95 bits per heavy atom. The van der Waals surface area contributed by atoms with Gasteiger partial charge in [0.25, 0.3) is 0 Å². The van der Waals surface area contributed by atoms with Crippen LogP contribution in [-0.4, -0.2) is 22.5 Å². The summed E-state index contributed by atoms with van der Waals surface area (Å²) in [6, 6.07) is 8.74. The number of aryl methyl sites for hydroxylation is 1. The molecule has 0 radical (unpaired) electrons. The molecule has 1 fully saturated rings. The fraction of sp³-hybridized carbons (Fsp3) is 0.667. The smallest absolute Gasteiger partial charge is 0.0488 e. The minimum atomic E-state index is -0.777. The van der Waals surface area contributed by atoms with Gasteiger partial charge in [-0.25, -0.2) is 0 Å². The maximum atomic E-state index is 12.6. The Labute approximate surface area is 132 Å². The van der Waals surface area contributed by atoms with Gasteiger partial charge in [0, 0.05) is 28.3 Å². The van der Waals surface area contributed by atoms with Gasteiger partial charge in [0.1, 0.15) is 0 Å². The Kier molecular flexibility index (Phi) is 6.91. The van der Waals surface area contributed by atoms with Crippen LogP contribution in [0.15, 0.2) is 24.3 Å². The second-order valence-electron chi connectivity index (χ2n) is 6.24. The highest BCUT2D eigenvalue weighted by atomic mass is 32.2. The first-order chi connectivity index (χ1) is 10.2. The lowest BCUT2D eigenvalue weighted by Gasteiger charge is -2.30. The van der Waals surface area contributed by atoms with Crippen LogP contribution >= 0.6 is 0 Å². The van der Waals surface area contributed by atoms with E-state index < -0.39 is 10.8 Å². The second kappa shape index (κ2) is 8.70. The molecule has 0 aromatic heterocycles. The van der Waals surface area contributed by atoms with Crippen molar-refractivity contribution in [3.05, 3.63) is 35.4 Å². The zero-order chi connectivity index (χ0) is 15.1. The molecule has 0 spiro atoms. The summed E-state index contributed by atoms with van der Waals surface area (Å²) in [6.07, 6.45) is 6.67. The maximum absolute atomic E-state index is 12.6. The first-order valence-corrected chi connectivity index (χ1v) is 9.82. The monoisotopic (exact) mass is 307 g/mol. The lowest BCUT2D eigenvalue weighted by Crippen LogP contribution is -2.41. The van der Waals surface area contributed by atoms with Crippen molar-refractivity contribution < 1.29 is 4.21 Å². The van der Waals surface area contributed by atoms with Crippen LogP contribution in [0, 0.1) is 12.8 Å². The normalized spacial score (nSPS) is 19.3. The van der Waals surface area contributed by atoms with Crippen LogP contribution in [0.3, 0.4) is 0 Å². The van der Waals surface area contributed by atoms with E-state index in [2.05, 4.69) is 31.3 Å². The van der Waals surface area contributed by atoms with Crippen molar-refractivity contribution in [2.45, 2.75) is 57.7 Å². The van der Waals surface area contributed by atoms with Gasteiger partial charge >= 0.3 is 0 Å². The number of nitrogens with one attached hydrogen (secondary N) is 1. The molecule has 3 heteroatoms. The van der Waals surface area contributed by atoms with Gasteiger partial charge in [0.15, 0.2) is 0 Å². The van der Waals surface area contributed by atoms with E-state index in [1.54, 1.807) is 0 Å². The second-order valence-corrected chi connectivity index (χ2v) is 7.74. The molecule has 1 N–H and O–H groups in total. The molecule has 118 valence electrons. The molecule has 0 saturated heterocycles. The molecule has 2 rings (SSSR count). The maximum Gasteiger partial charge on any atom is 0.0488 e. The number of hydrogen-bond donors (Lipinski definition) is 1. The third kappa shape index (κ3) is 5.23. The number of rotatable bonds is 7. The van der Waals surface area contributed by atoms with Crippen LogP contribution in [-0.2, 0) is 16.6 Å². The first kappa shape index (κ1) is 16.7. The van der Waals surface area contributed by atoms with Crippen molar-refractivity contribution in [1.29, 1.82) is 0 Å². The largest absolute Gasteiger partial charge is 0.313 e. The van der Waals surface area contributed by atoms with Crippen molar-refractivity contribution in [3.63, 3.8) is 0 Å². The summed E-state index contributed by atoms with van der Waals surface area (Å²) >= 11 is 0. The zero-order valence-corrected chi connectivity index (χ0v) is 14.3. The highest BCUT2D eigenvalue weighted by Crippen LogP contribution is 2.27. The van der Waals surface area contributed by atoms with E-state index in [0.29, 0.717) is 11.8 Å². The lowest BCUT2D eigenvalue weighted by atomic mass is 9.84. The van der Waals surface area contributed by atoms with E-state index in [9.17, 15) is 4.21 Å². The summed E-state index contributed by atoms with van der Waals surface area (Å²) in [5.74, 6) is 2.22. The molecule has 1 aliphatic rings. The summed E-state index contributed by atoms with van der Waals surface area (Å²) in [7, 11) is -0.777. The highest BCUT2D eigenvalue weighted by molar-refractivity contribution is 7.84. The summed E-state index contributed by atoms with van der Waals surface area (Å²) in [6.45, 7) is 5.23. The molecule has 1 aromatic rings. The zero-order valence-electron chi connectivity index (χ0n) is 13.4. The van der Waals surface area contributed by atoms with Crippen molar-refractivity contribution in [2.24, 2.45) is 5.92 Å². The number of benzene rings is 1. The quantitative estimate of drug-likeness (QED) is 0.830. The van der Waals surface area contributed by atoms with Gasteiger partial charge in [-0.05, 0) is 43.4 Å². The highest BCUT2D eigenvalue weighted by Gasteiger charge is 2.24. The van der Waals surface area contributed by atoms with Crippen LogP contribution < -0.4 is 5.32 Å². The molecule has 2 atom stereocenters. The van der Waals surface area contributed by atoms with Crippen LogP contribution in [0.1, 0.15) is 50.2 Å². The van der Waals surface area contributed by atoms with E-state index in [0.717, 1.165) is 18.2 Å². The van der Waals surface area contributed by atoms with Gasteiger partial charge in [0.05, 0.1) is 0 Å². The predicted octanol–water partition coefficient (Wildman–Crippen LogP) is 3.80. The predicted molar refractivity (Wildman–Crippen MR) is 91.9 cm³/mol. The average Bonchev–Trinajstić information content (AvgIpc) is 2.50. The van der Waals surface area contributed by atoms with Crippen molar-refractivity contribution in [1.82, 2.24) is 5.32 Å². The van der Waals surface area contributed by atoms with Gasteiger partial charge in [-0.3, -0.25) is 4.21 Å². The molecule has 21 heavy (non-hydrogen) atoms. The molecule has 0 aliphatic heterocycles. The summed E-state index contributed by atoms with van der Waals surface area (Å²) in [4.78, 5) is 0. The molecule has 1 saturated carbocycles. The topological polar surface area (TPSA) is 29.1 Å². The van der Waals surface area contributed by atoms with Gasteiger partial charge in [0.2, 0.25) is 0 Å². The fourth-order valence-electron chi connectivity index (χ4n) is 3.37. The summed E-state index contributed by atoms with van der Waals surface area (Å²) in [5.41, 5.74) is 2.48. The van der Waals surface area contributed by atoms with E-state index >= 15 is 0 Å². The number of hydrogen-bond acceptors (Lipinski definition) is 2. The molecule has 1 aliphatic carbocycles. The van der Waals surface area contributed by atoms with Gasteiger partial charge in [-0.2, -0.15) is 0 Å². The fourth-order valence-corrected chi connectivity index (χ4v) is 4.94. The van der Waals surface area contributed by atoms with Crippen LogP contribution in [0.2, 0.25) is 0 Å². The Hall–Kier alpha value is -0.670. The molecule has 0 amide bonds. The minimum Gasteiger partial charge on any atom is -0.313 e. The van der Waals surface area contributed by atoms with Gasteiger partial charge < -0.3 is 5.32 Å². The Bertz CT molecular complexity index is 454. The van der Waals surface area contributed by atoms with E-state index in [-0.39, 0.29) is 0 Å². The molecule has 0 bridgehead atoms. The van der Waals surface area contributed by atoms with Crippen molar-refractivity contribution in [2.75, 3.05) is 12.3 Å². The Morgan fingerprint density at radius 1 is 1.24 bits per heavy atom. The molecule has 0 heterocycles. The Balaban J connectivity index is 1.93. The van der Waals surface area contributed by atoms with E-state index in [1.807, 2.05) is 12.1 Å². The van der Waals surface area contributed by atoms with Gasteiger partial charge in [-0.1, -0.05) is 50.5 Å². The van der Waals surface area contributed by atoms with Crippen LogP contribution in [0.4, 0.5) is 0 Å². The van der Waals surface area contributed by atoms with E-state index in [1.165, 1.54) is 43.2 Å². The van der Waals surface area contributed by atoms with Crippen LogP contribution in [0.25, 0.3) is 0 Å². The average molecular weight is 308 g/mol. The Morgan fingerprint density at radius 3 is 2.62 bits per heavy atom. The minimum absolute atomic E-state index is 0.431.